The summed E-state index contributed by atoms with van der Waals surface area (Å²) in [5, 5.41) is 4.23. The van der Waals surface area contributed by atoms with Crippen LogP contribution >= 0.6 is 0 Å². The molecule has 0 bridgehead atoms. The quantitative estimate of drug-likeness (QED) is 0.743. The number of anilines is 1. The number of hydrogen-bond donors (Lipinski definition) is 1. The first kappa shape index (κ1) is 21.5. The van der Waals surface area contributed by atoms with Crippen LogP contribution in [-0.2, 0) is 22.5 Å². The summed E-state index contributed by atoms with van der Waals surface area (Å²) in [4.78, 5) is 38.4. The minimum absolute atomic E-state index is 0.214. The van der Waals surface area contributed by atoms with Crippen LogP contribution in [0.25, 0.3) is 0 Å². The Balaban J connectivity index is 1.64. The summed E-state index contributed by atoms with van der Waals surface area (Å²) in [5.41, 5.74) is 1.40. The van der Waals surface area contributed by atoms with Gasteiger partial charge in [0, 0.05) is 24.7 Å². The number of nitrogens with one attached hydrogen (secondary N) is 1. The predicted molar refractivity (Wildman–Crippen MR) is 109 cm³/mol. The van der Waals surface area contributed by atoms with Crippen LogP contribution in [0.3, 0.4) is 0 Å². The number of nitrogens with zero attached hydrogens (tertiary/aromatic N) is 3. The topological polar surface area (TPSA) is 103 Å². The van der Waals surface area contributed by atoms with Gasteiger partial charge < -0.3 is 14.3 Å². The maximum Gasteiger partial charge on any atom is 0.528 e. The highest BCUT2D eigenvalue weighted by atomic mass is 16.8. The summed E-state index contributed by atoms with van der Waals surface area (Å²) < 4.78 is 10.7. The van der Waals surface area contributed by atoms with Crippen LogP contribution in [0.2, 0.25) is 0 Å². The smallest absolute Gasteiger partial charge is 0.493 e. The van der Waals surface area contributed by atoms with Crippen LogP contribution in [0.15, 0.2) is 30.5 Å². The molecule has 160 valence electrons. The molecule has 1 aliphatic rings. The highest BCUT2D eigenvalue weighted by molar-refractivity contribution is 6.05. The molecule has 0 saturated heterocycles. The van der Waals surface area contributed by atoms with Crippen LogP contribution in [0, 0.1) is 0 Å². The van der Waals surface area contributed by atoms with Gasteiger partial charge in [-0.15, -0.1) is 5.06 Å². The number of ether oxygens (including phenoxy) is 2. The van der Waals surface area contributed by atoms with Crippen molar-refractivity contribution in [3.8, 4) is 5.75 Å². The van der Waals surface area contributed by atoms with Crippen molar-refractivity contribution in [2.24, 2.45) is 0 Å². The van der Waals surface area contributed by atoms with Crippen molar-refractivity contribution in [2.45, 2.75) is 46.3 Å². The number of hydroxylamine groups is 2. The Bertz CT molecular complexity index is 926. The van der Waals surface area contributed by atoms with E-state index in [1.807, 2.05) is 13.0 Å². The number of amides is 1. The van der Waals surface area contributed by atoms with Gasteiger partial charge in [-0.3, -0.25) is 10.1 Å². The second-order valence-corrected chi connectivity index (χ2v) is 7.72. The maximum atomic E-state index is 12.6. The van der Waals surface area contributed by atoms with Crippen molar-refractivity contribution in [1.29, 1.82) is 0 Å². The third kappa shape index (κ3) is 5.66. The fourth-order valence-corrected chi connectivity index (χ4v) is 2.91. The van der Waals surface area contributed by atoms with Crippen molar-refractivity contribution in [2.75, 3.05) is 18.5 Å². The Morgan fingerprint density at radius 2 is 2.00 bits per heavy atom. The summed E-state index contributed by atoms with van der Waals surface area (Å²) >= 11 is 0. The molecule has 1 aromatic heterocycles. The van der Waals surface area contributed by atoms with Crippen LogP contribution in [0.1, 0.15) is 49.3 Å². The average Bonchev–Trinajstić information content (AvgIpc) is 2.67. The molecule has 2 heterocycles. The van der Waals surface area contributed by atoms with E-state index in [1.54, 1.807) is 45.2 Å². The molecule has 9 nitrogen and oxygen atoms in total. The average molecular weight is 414 g/mol. The Labute approximate surface area is 175 Å². The fourth-order valence-electron chi connectivity index (χ4n) is 2.91. The first-order chi connectivity index (χ1) is 14.2. The summed E-state index contributed by atoms with van der Waals surface area (Å²) in [5.74, 6) is 0.377. The maximum absolute atomic E-state index is 12.6. The minimum Gasteiger partial charge on any atom is -0.493 e. The van der Waals surface area contributed by atoms with Gasteiger partial charge >= 0.3 is 6.16 Å². The van der Waals surface area contributed by atoms with Gasteiger partial charge in [-0.2, -0.15) is 0 Å². The standard InChI is InChI=1S/C21H26N4O5/c1-5-28-17-9-7-6-8-15(17)18(26)24-19-22-12-14-13-25(11-10-16(14)23-19)30-20(27)29-21(2,3)4/h6-9,12H,5,10-11,13H2,1-4H3,(H,22,23,24,26). The minimum atomic E-state index is -0.747. The van der Waals surface area contributed by atoms with E-state index in [1.165, 1.54) is 5.06 Å². The second-order valence-electron chi connectivity index (χ2n) is 7.72. The van der Waals surface area contributed by atoms with E-state index in [9.17, 15) is 9.59 Å². The summed E-state index contributed by atoms with van der Waals surface area (Å²) in [6.45, 7) is 8.45. The lowest BCUT2D eigenvalue weighted by Gasteiger charge is -2.27. The van der Waals surface area contributed by atoms with Crippen LogP contribution in [0.4, 0.5) is 10.7 Å². The predicted octanol–water partition coefficient (Wildman–Crippen LogP) is 3.35. The third-order valence-electron chi connectivity index (χ3n) is 4.15. The highest BCUT2D eigenvalue weighted by Crippen LogP contribution is 2.21. The number of fused-ring (bicyclic) bond motifs is 1. The molecule has 0 spiro atoms. The zero-order valence-electron chi connectivity index (χ0n) is 17.6. The summed E-state index contributed by atoms with van der Waals surface area (Å²) in [6.07, 6.45) is 1.42. The lowest BCUT2D eigenvalue weighted by Crippen LogP contribution is -2.36. The van der Waals surface area contributed by atoms with Crippen LogP contribution < -0.4 is 10.1 Å². The van der Waals surface area contributed by atoms with Crippen molar-refractivity contribution < 1.29 is 23.9 Å². The van der Waals surface area contributed by atoms with Gasteiger partial charge in [-0.25, -0.2) is 14.8 Å². The van der Waals surface area contributed by atoms with Crippen molar-refractivity contribution in [1.82, 2.24) is 15.0 Å². The Morgan fingerprint density at radius 3 is 2.73 bits per heavy atom. The van der Waals surface area contributed by atoms with Gasteiger partial charge in [-0.05, 0) is 39.8 Å². The molecular weight excluding hydrogens is 388 g/mol. The molecule has 1 amide bonds. The number of rotatable bonds is 5. The van der Waals surface area contributed by atoms with E-state index >= 15 is 0 Å². The third-order valence-corrected chi connectivity index (χ3v) is 4.15. The molecule has 2 aromatic rings. The first-order valence-corrected chi connectivity index (χ1v) is 9.79. The molecule has 3 rings (SSSR count). The zero-order chi connectivity index (χ0) is 21.7. The SMILES string of the molecule is CCOc1ccccc1C(=O)Nc1ncc2c(n1)CCN(OC(=O)OC(C)(C)C)C2. The molecule has 1 aromatic carbocycles. The molecule has 0 unspecified atom stereocenters. The van der Waals surface area contributed by atoms with Gasteiger partial charge in [-0.1, -0.05) is 12.1 Å². The van der Waals surface area contributed by atoms with Crippen molar-refractivity contribution >= 4 is 18.0 Å². The van der Waals surface area contributed by atoms with E-state index < -0.39 is 11.8 Å². The van der Waals surface area contributed by atoms with Gasteiger partial charge in [0.2, 0.25) is 5.95 Å². The normalized spacial score (nSPS) is 13.9. The lowest BCUT2D eigenvalue weighted by molar-refractivity contribution is -0.151. The van der Waals surface area contributed by atoms with E-state index in [2.05, 4.69) is 15.3 Å². The molecule has 0 saturated carbocycles. The number of carbonyl (C=O) groups excluding carboxylic acids is 2. The molecule has 9 heteroatoms. The van der Waals surface area contributed by atoms with E-state index in [4.69, 9.17) is 14.3 Å². The first-order valence-electron chi connectivity index (χ1n) is 9.79. The zero-order valence-corrected chi connectivity index (χ0v) is 17.6. The van der Waals surface area contributed by atoms with E-state index in [0.717, 1.165) is 11.3 Å². The van der Waals surface area contributed by atoms with E-state index in [0.29, 0.717) is 37.4 Å². The van der Waals surface area contributed by atoms with Gasteiger partial charge in [0.05, 0.1) is 24.4 Å². The molecule has 0 aliphatic carbocycles. The lowest BCUT2D eigenvalue weighted by atomic mass is 10.1. The van der Waals surface area contributed by atoms with E-state index in [-0.39, 0.29) is 11.9 Å². The van der Waals surface area contributed by atoms with Crippen molar-refractivity contribution in [3.05, 3.63) is 47.3 Å². The molecule has 0 fully saturated rings. The largest absolute Gasteiger partial charge is 0.528 e. The Morgan fingerprint density at radius 1 is 1.23 bits per heavy atom. The Kier molecular flexibility index (Phi) is 6.51. The van der Waals surface area contributed by atoms with Crippen LogP contribution in [-0.4, -0.2) is 45.8 Å². The van der Waals surface area contributed by atoms with Gasteiger partial charge in [0.15, 0.2) is 0 Å². The number of aromatic nitrogens is 2. The molecule has 1 N–H and O–H groups in total. The molecular formula is C21H26N4O5. The number of para-hydroxylation sites is 1. The monoisotopic (exact) mass is 414 g/mol. The van der Waals surface area contributed by atoms with Gasteiger partial charge in [0.1, 0.15) is 11.4 Å². The summed E-state index contributed by atoms with van der Waals surface area (Å²) in [6, 6.07) is 7.00. The molecule has 1 aliphatic heterocycles. The number of benzene rings is 1. The second kappa shape index (κ2) is 9.08. The van der Waals surface area contributed by atoms with Crippen LogP contribution in [0.5, 0.6) is 5.75 Å². The molecule has 0 radical (unpaired) electrons. The molecule has 0 atom stereocenters. The summed E-state index contributed by atoms with van der Waals surface area (Å²) in [7, 11) is 0. The Hall–Kier alpha value is -3.20. The van der Waals surface area contributed by atoms with Crippen molar-refractivity contribution in [3.63, 3.8) is 0 Å². The number of hydrogen-bond acceptors (Lipinski definition) is 8. The molecule has 30 heavy (non-hydrogen) atoms. The highest BCUT2D eigenvalue weighted by Gasteiger charge is 2.25. The number of carbonyl (C=O) groups is 2. The fraction of sp³-hybridized carbons (Fsp3) is 0.429. The van der Waals surface area contributed by atoms with Gasteiger partial charge in [0.25, 0.3) is 5.91 Å².